The molecule has 0 amide bonds. The third-order valence-corrected chi connectivity index (χ3v) is 3.10. The molecule has 1 aromatic rings. The van der Waals surface area contributed by atoms with E-state index in [9.17, 15) is 0 Å². The van der Waals surface area contributed by atoms with Crippen LogP contribution in [0.3, 0.4) is 0 Å². The fourth-order valence-corrected chi connectivity index (χ4v) is 2.19. The molecule has 6 N–H and O–H groups in total. The molecular formula is C14H22N5O+. The van der Waals surface area contributed by atoms with Crippen LogP contribution in [0.25, 0.3) is 0 Å². The van der Waals surface area contributed by atoms with E-state index in [-0.39, 0.29) is 5.84 Å². The van der Waals surface area contributed by atoms with Gasteiger partial charge in [0.2, 0.25) is 0 Å². The second-order valence-electron chi connectivity index (χ2n) is 4.09. The number of fused-ring (bicyclic) bond motifs is 1. The Balaban J connectivity index is 0.000000956. The van der Waals surface area contributed by atoms with Crippen molar-refractivity contribution in [1.29, 1.82) is 0 Å². The average molecular weight is 276 g/mol. The number of aliphatic hydroxyl groups excluding tert-OH is 1. The number of para-hydroxylation sites is 1. The number of hydrogen-bond donors (Lipinski definition) is 4. The number of aliphatic hydroxyl groups is 1. The molecule has 6 nitrogen and oxygen atoms in total. The summed E-state index contributed by atoms with van der Waals surface area (Å²) in [6.07, 6.45) is 0.996. The van der Waals surface area contributed by atoms with Crippen molar-refractivity contribution in [1.82, 2.24) is 5.32 Å². The van der Waals surface area contributed by atoms with Gasteiger partial charge in [-0.25, -0.2) is 0 Å². The molecule has 1 aliphatic heterocycles. The van der Waals surface area contributed by atoms with Crippen molar-refractivity contribution < 1.29 is 10.5 Å². The van der Waals surface area contributed by atoms with Crippen LogP contribution < -0.4 is 21.4 Å². The number of nitrogens with one attached hydrogen (secondary N) is 1. The van der Waals surface area contributed by atoms with Gasteiger partial charge in [-0.05, 0) is 18.1 Å². The Morgan fingerprint density at radius 3 is 2.70 bits per heavy atom. The minimum atomic E-state index is 0.240. The van der Waals surface area contributed by atoms with Crippen LogP contribution in [0.1, 0.15) is 5.56 Å². The number of aliphatic imine (C=N–C) groups is 1. The maximum absolute atomic E-state index is 7.00. The van der Waals surface area contributed by atoms with E-state index in [0.717, 1.165) is 31.6 Å². The largest absolute Gasteiger partial charge is 0.400 e. The van der Waals surface area contributed by atoms with Crippen molar-refractivity contribution in [3.63, 3.8) is 0 Å². The summed E-state index contributed by atoms with van der Waals surface area (Å²) in [5, 5.41) is 15.8. The Labute approximate surface area is 119 Å². The molecule has 1 aromatic carbocycles. The summed E-state index contributed by atoms with van der Waals surface area (Å²) in [7, 11) is 2.82. The molecular weight excluding hydrogens is 254 g/mol. The first-order valence-electron chi connectivity index (χ1n) is 6.26. The topological polar surface area (TPSA) is 99.5 Å². The summed E-state index contributed by atoms with van der Waals surface area (Å²) in [6.45, 7) is 4.27. The third-order valence-electron chi connectivity index (χ3n) is 3.10. The number of rotatable bonds is 3. The van der Waals surface area contributed by atoms with Crippen LogP contribution in [0, 0.1) is 0 Å². The van der Waals surface area contributed by atoms with Gasteiger partial charge in [0.05, 0.1) is 0 Å². The number of amidine groups is 1. The zero-order valence-corrected chi connectivity index (χ0v) is 11.9. The van der Waals surface area contributed by atoms with Crippen LogP contribution in [0.2, 0.25) is 0 Å². The van der Waals surface area contributed by atoms with Crippen molar-refractivity contribution in [3.05, 3.63) is 41.3 Å². The molecule has 2 rings (SSSR count). The standard InChI is InChI=1S/C13H17N5.CH4O/c1-16-12(15)11(14)13(17-2)18-8-7-9-5-3-4-6-10(9)18;1-2/h3-6,15,17H,1,7-8,14H2,2H3;2H,1H3/p+1/b13-11-,15-12?;. The lowest BCUT2D eigenvalue weighted by molar-refractivity contribution is -0.114. The summed E-state index contributed by atoms with van der Waals surface area (Å²) in [4.78, 5) is 5.79. The molecule has 0 unspecified atom stereocenters. The zero-order valence-electron chi connectivity index (χ0n) is 11.9. The molecule has 0 aromatic heterocycles. The Hall–Kier alpha value is -2.34. The summed E-state index contributed by atoms with van der Waals surface area (Å²) in [5.41, 5.74) is 8.88. The Bertz CT molecular complexity index is 524. The predicted molar refractivity (Wildman–Crippen MR) is 82.4 cm³/mol. The average Bonchev–Trinajstić information content (AvgIpc) is 2.93. The highest BCUT2D eigenvalue weighted by molar-refractivity contribution is 5.96. The van der Waals surface area contributed by atoms with E-state index in [4.69, 9.17) is 16.2 Å². The maximum atomic E-state index is 7.00. The van der Waals surface area contributed by atoms with E-state index in [0.29, 0.717) is 5.70 Å². The van der Waals surface area contributed by atoms with E-state index >= 15 is 0 Å². The van der Waals surface area contributed by atoms with E-state index in [1.807, 2.05) is 19.2 Å². The Kier molecular flexibility index (Phi) is 5.74. The first-order chi connectivity index (χ1) is 9.69. The van der Waals surface area contributed by atoms with Crippen LogP contribution in [0.15, 0.2) is 40.8 Å². The first kappa shape index (κ1) is 15.7. The van der Waals surface area contributed by atoms with Crippen LogP contribution in [-0.4, -0.2) is 38.4 Å². The molecule has 0 saturated heterocycles. The third kappa shape index (κ3) is 2.97. The molecule has 1 heterocycles. The summed E-state index contributed by atoms with van der Waals surface area (Å²) >= 11 is 0. The second-order valence-corrected chi connectivity index (χ2v) is 4.09. The number of nitrogens with zero attached hydrogens (tertiary/aromatic N) is 2. The fraction of sp³-hybridized carbons (Fsp3) is 0.286. The van der Waals surface area contributed by atoms with Crippen molar-refractivity contribution in [3.8, 4) is 0 Å². The van der Waals surface area contributed by atoms with Gasteiger partial charge in [0.1, 0.15) is 12.5 Å². The predicted octanol–water partition coefficient (Wildman–Crippen LogP) is -1.14. The van der Waals surface area contributed by atoms with Gasteiger partial charge in [0.25, 0.3) is 0 Å². The van der Waals surface area contributed by atoms with E-state index < -0.39 is 0 Å². The molecule has 0 bridgehead atoms. The molecule has 0 aliphatic carbocycles. The molecule has 108 valence electrons. The van der Waals surface area contributed by atoms with E-state index in [2.05, 4.69) is 34.1 Å². The minimum Gasteiger partial charge on any atom is -0.400 e. The first-order valence-corrected chi connectivity index (χ1v) is 6.26. The highest BCUT2D eigenvalue weighted by Crippen LogP contribution is 2.30. The fourth-order valence-electron chi connectivity index (χ4n) is 2.19. The van der Waals surface area contributed by atoms with E-state index in [1.165, 1.54) is 5.56 Å². The summed E-state index contributed by atoms with van der Waals surface area (Å²) in [5.74, 6) is 1.01. The van der Waals surface area contributed by atoms with Gasteiger partial charge in [-0.2, -0.15) is 0 Å². The van der Waals surface area contributed by atoms with Gasteiger partial charge in [-0.15, -0.1) is 0 Å². The second kappa shape index (κ2) is 7.30. The van der Waals surface area contributed by atoms with Crippen LogP contribution in [-0.2, 0) is 6.42 Å². The van der Waals surface area contributed by atoms with Gasteiger partial charge < -0.3 is 21.1 Å². The van der Waals surface area contributed by atoms with Crippen LogP contribution >= 0.6 is 0 Å². The molecule has 0 atom stereocenters. The molecule has 0 fully saturated rings. The molecule has 0 spiro atoms. The lowest BCUT2D eigenvalue weighted by atomic mass is 10.2. The molecule has 1 aliphatic rings. The number of benzene rings is 1. The molecule has 6 heteroatoms. The summed E-state index contributed by atoms with van der Waals surface area (Å²) < 4.78 is 0. The van der Waals surface area contributed by atoms with E-state index in [1.54, 1.807) is 0 Å². The van der Waals surface area contributed by atoms with Crippen molar-refractivity contribution in [2.75, 3.05) is 25.6 Å². The van der Waals surface area contributed by atoms with Crippen LogP contribution in [0.4, 0.5) is 5.69 Å². The SMILES string of the molecule is C=NC(=[NH2+])/C(N)=C(\NC)N1CCc2ccccc21.CO. The normalized spacial score (nSPS) is 13.7. The molecule has 20 heavy (non-hydrogen) atoms. The summed E-state index contributed by atoms with van der Waals surface area (Å²) in [6, 6.07) is 8.25. The lowest BCUT2D eigenvalue weighted by Gasteiger charge is -2.23. The quantitative estimate of drug-likeness (QED) is 0.414. The Morgan fingerprint density at radius 1 is 1.45 bits per heavy atom. The zero-order chi connectivity index (χ0) is 15.1. The minimum absolute atomic E-state index is 0.240. The van der Waals surface area contributed by atoms with Crippen molar-refractivity contribution >= 4 is 18.2 Å². The smallest absolute Gasteiger partial charge is 0.340 e. The number of anilines is 1. The highest BCUT2D eigenvalue weighted by atomic mass is 16.2. The van der Waals surface area contributed by atoms with Crippen LogP contribution in [0.5, 0.6) is 0 Å². The Morgan fingerprint density at radius 2 is 2.10 bits per heavy atom. The lowest BCUT2D eigenvalue weighted by Crippen LogP contribution is -2.45. The van der Waals surface area contributed by atoms with Crippen molar-refractivity contribution in [2.24, 2.45) is 10.7 Å². The van der Waals surface area contributed by atoms with Gasteiger partial charge in [0, 0.05) is 26.4 Å². The van der Waals surface area contributed by atoms with Gasteiger partial charge >= 0.3 is 5.84 Å². The highest BCUT2D eigenvalue weighted by Gasteiger charge is 2.25. The number of nitrogens with two attached hydrogens (primary N) is 2. The van der Waals surface area contributed by atoms with Gasteiger partial charge in [-0.3, -0.25) is 5.41 Å². The maximum Gasteiger partial charge on any atom is 0.340 e. The van der Waals surface area contributed by atoms with Gasteiger partial charge in [0.15, 0.2) is 5.70 Å². The van der Waals surface area contributed by atoms with Crippen molar-refractivity contribution in [2.45, 2.75) is 6.42 Å². The number of hydrogen-bond acceptors (Lipinski definition) is 4. The molecule has 0 radical (unpaired) electrons. The van der Waals surface area contributed by atoms with Gasteiger partial charge in [-0.1, -0.05) is 23.2 Å². The monoisotopic (exact) mass is 276 g/mol. The molecule has 0 saturated carbocycles.